The Balaban J connectivity index is 1.75. The fourth-order valence-electron chi connectivity index (χ4n) is 3.46. The van der Waals surface area contributed by atoms with Crippen molar-refractivity contribution in [2.75, 3.05) is 20.2 Å². The molecule has 2 heterocycles. The summed E-state index contributed by atoms with van der Waals surface area (Å²) in [6.45, 7) is 3.04. The van der Waals surface area contributed by atoms with Crippen LogP contribution in [0.15, 0.2) is 54.7 Å². The van der Waals surface area contributed by atoms with E-state index >= 15 is 0 Å². The molecule has 5 heteroatoms. The molecule has 0 amide bonds. The van der Waals surface area contributed by atoms with Crippen LogP contribution in [0.3, 0.4) is 0 Å². The van der Waals surface area contributed by atoms with Gasteiger partial charge >= 0.3 is 0 Å². The number of likely N-dealkylation sites (tertiary alicyclic amines) is 1. The lowest BCUT2D eigenvalue weighted by Gasteiger charge is -2.14. The molecule has 26 heavy (non-hydrogen) atoms. The average molecular weight is 351 g/mol. The summed E-state index contributed by atoms with van der Waals surface area (Å²) < 4.78 is 21.1. The molecule has 1 aliphatic rings. The zero-order chi connectivity index (χ0) is 17.9. The maximum Gasteiger partial charge on any atom is 0.148 e. The van der Waals surface area contributed by atoms with Crippen molar-refractivity contribution in [1.29, 1.82) is 0 Å². The van der Waals surface area contributed by atoms with Crippen molar-refractivity contribution in [3.63, 3.8) is 0 Å². The lowest BCUT2D eigenvalue weighted by Crippen LogP contribution is -2.18. The van der Waals surface area contributed by atoms with Crippen LogP contribution in [0.4, 0.5) is 4.39 Å². The fourth-order valence-corrected chi connectivity index (χ4v) is 3.46. The molecule has 1 aliphatic heterocycles. The summed E-state index contributed by atoms with van der Waals surface area (Å²) in [5.74, 6) is 0.535. The highest BCUT2D eigenvalue weighted by Gasteiger charge is 2.18. The van der Waals surface area contributed by atoms with Gasteiger partial charge in [-0.3, -0.25) is 4.90 Å². The lowest BCUT2D eigenvalue weighted by molar-refractivity contribution is 0.332. The van der Waals surface area contributed by atoms with Gasteiger partial charge in [0, 0.05) is 23.9 Å². The van der Waals surface area contributed by atoms with E-state index in [1.54, 1.807) is 23.9 Å². The van der Waals surface area contributed by atoms with Crippen molar-refractivity contribution in [3.8, 4) is 22.7 Å². The largest absolute Gasteiger partial charge is 0.497 e. The van der Waals surface area contributed by atoms with E-state index in [0.717, 1.165) is 42.2 Å². The summed E-state index contributed by atoms with van der Waals surface area (Å²) in [6, 6.07) is 14.6. The fraction of sp³-hybridized carbons (Fsp3) is 0.286. The molecule has 0 saturated carbocycles. The number of methoxy groups -OCH3 is 1. The monoisotopic (exact) mass is 351 g/mol. The van der Waals surface area contributed by atoms with Crippen LogP contribution in [0.2, 0.25) is 0 Å². The Morgan fingerprint density at radius 3 is 2.46 bits per heavy atom. The van der Waals surface area contributed by atoms with Crippen LogP contribution in [0.5, 0.6) is 5.75 Å². The van der Waals surface area contributed by atoms with E-state index < -0.39 is 0 Å². The zero-order valence-electron chi connectivity index (χ0n) is 14.9. The molecule has 1 aromatic heterocycles. The summed E-state index contributed by atoms with van der Waals surface area (Å²) in [7, 11) is 1.65. The maximum absolute atomic E-state index is 14.2. The second kappa shape index (κ2) is 7.30. The van der Waals surface area contributed by atoms with Crippen molar-refractivity contribution < 1.29 is 9.13 Å². The first kappa shape index (κ1) is 16.8. The Morgan fingerprint density at radius 2 is 1.77 bits per heavy atom. The number of hydrogen-bond donors (Lipinski definition) is 0. The summed E-state index contributed by atoms with van der Waals surface area (Å²) in [6.07, 6.45) is 4.43. The topological polar surface area (TPSA) is 30.3 Å². The van der Waals surface area contributed by atoms with Gasteiger partial charge in [0.2, 0.25) is 0 Å². The molecule has 0 radical (unpaired) electrons. The second-order valence-corrected chi connectivity index (χ2v) is 6.61. The third kappa shape index (κ3) is 3.35. The highest BCUT2D eigenvalue weighted by atomic mass is 19.1. The molecular formula is C21H22FN3O. The molecule has 0 spiro atoms. The normalized spacial score (nSPS) is 14.7. The number of nitrogens with zero attached hydrogens (tertiary/aromatic N) is 3. The van der Waals surface area contributed by atoms with Crippen LogP contribution in [0, 0.1) is 5.82 Å². The molecule has 134 valence electrons. The number of rotatable bonds is 5. The highest BCUT2D eigenvalue weighted by molar-refractivity contribution is 5.64. The smallest absolute Gasteiger partial charge is 0.148 e. The molecule has 2 aromatic carbocycles. The predicted octanol–water partition coefficient (Wildman–Crippen LogP) is 4.28. The number of para-hydroxylation sites is 1. The van der Waals surface area contributed by atoms with Gasteiger partial charge in [0.25, 0.3) is 0 Å². The van der Waals surface area contributed by atoms with E-state index in [-0.39, 0.29) is 5.82 Å². The Labute approximate surface area is 152 Å². The second-order valence-electron chi connectivity index (χ2n) is 6.61. The molecule has 0 N–H and O–H groups in total. The average Bonchev–Trinajstić information content (AvgIpc) is 3.33. The Hall–Kier alpha value is -2.66. The van der Waals surface area contributed by atoms with Crippen LogP contribution in [-0.2, 0) is 6.54 Å². The molecule has 0 unspecified atom stereocenters. The molecule has 4 nitrogen and oxygen atoms in total. The summed E-state index contributed by atoms with van der Waals surface area (Å²) in [5, 5.41) is 4.72. The third-order valence-corrected chi connectivity index (χ3v) is 4.85. The van der Waals surface area contributed by atoms with Crippen LogP contribution in [0.1, 0.15) is 18.4 Å². The van der Waals surface area contributed by atoms with Gasteiger partial charge in [-0.15, -0.1) is 0 Å². The van der Waals surface area contributed by atoms with Crippen molar-refractivity contribution in [3.05, 3.63) is 66.1 Å². The molecular weight excluding hydrogens is 329 g/mol. The first-order valence-electron chi connectivity index (χ1n) is 8.95. The molecule has 0 atom stereocenters. The van der Waals surface area contributed by atoms with E-state index in [2.05, 4.69) is 4.90 Å². The Bertz CT molecular complexity index is 883. The van der Waals surface area contributed by atoms with Crippen LogP contribution < -0.4 is 4.74 Å². The quantitative estimate of drug-likeness (QED) is 0.687. The lowest BCUT2D eigenvalue weighted by atomic mass is 10.1. The number of ether oxygens (including phenoxy) is 1. The molecule has 0 bridgehead atoms. The van der Waals surface area contributed by atoms with Crippen LogP contribution >= 0.6 is 0 Å². The van der Waals surface area contributed by atoms with Crippen LogP contribution in [-0.4, -0.2) is 34.9 Å². The number of hydrogen-bond acceptors (Lipinski definition) is 3. The number of halogens is 1. The van der Waals surface area contributed by atoms with Gasteiger partial charge in [-0.1, -0.05) is 12.1 Å². The molecule has 4 rings (SSSR count). The number of aromatic nitrogens is 2. The first-order chi connectivity index (χ1) is 12.7. The van der Waals surface area contributed by atoms with Crippen molar-refractivity contribution in [2.24, 2.45) is 0 Å². The van der Waals surface area contributed by atoms with Crippen molar-refractivity contribution in [2.45, 2.75) is 19.4 Å². The van der Waals surface area contributed by atoms with Gasteiger partial charge in [-0.2, -0.15) is 5.10 Å². The minimum Gasteiger partial charge on any atom is -0.497 e. The summed E-state index contributed by atoms with van der Waals surface area (Å²) in [4.78, 5) is 2.43. The Kier molecular flexibility index (Phi) is 4.71. The maximum atomic E-state index is 14.2. The van der Waals surface area contributed by atoms with Crippen molar-refractivity contribution in [1.82, 2.24) is 14.7 Å². The minimum absolute atomic E-state index is 0.274. The summed E-state index contributed by atoms with van der Waals surface area (Å²) in [5.41, 5.74) is 3.48. The van der Waals surface area contributed by atoms with E-state index in [1.807, 2.05) is 36.5 Å². The predicted molar refractivity (Wildman–Crippen MR) is 100 cm³/mol. The van der Waals surface area contributed by atoms with Gasteiger partial charge < -0.3 is 4.74 Å². The van der Waals surface area contributed by atoms with E-state index in [0.29, 0.717) is 5.69 Å². The van der Waals surface area contributed by atoms with E-state index in [4.69, 9.17) is 9.84 Å². The molecule has 1 saturated heterocycles. The Morgan fingerprint density at radius 1 is 1.04 bits per heavy atom. The van der Waals surface area contributed by atoms with Gasteiger partial charge in [-0.25, -0.2) is 9.07 Å². The zero-order valence-corrected chi connectivity index (χ0v) is 14.9. The van der Waals surface area contributed by atoms with Crippen LogP contribution in [0.25, 0.3) is 16.9 Å². The SMILES string of the molecule is COc1ccc(-c2nn(-c3ccccc3F)cc2CN2CCCC2)cc1. The number of benzene rings is 2. The third-order valence-electron chi connectivity index (χ3n) is 4.85. The highest BCUT2D eigenvalue weighted by Crippen LogP contribution is 2.28. The molecule has 0 aliphatic carbocycles. The molecule has 1 fully saturated rings. The van der Waals surface area contributed by atoms with Gasteiger partial charge in [0.05, 0.1) is 12.8 Å². The van der Waals surface area contributed by atoms with E-state index in [9.17, 15) is 4.39 Å². The van der Waals surface area contributed by atoms with Gasteiger partial charge in [0.1, 0.15) is 17.3 Å². The minimum atomic E-state index is -0.274. The first-order valence-corrected chi connectivity index (χ1v) is 8.95. The van der Waals surface area contributed by atoms with Gasteiger partial charge in [0.15, 0.2) is 0 Å². The summed E-state index contributed by atoms with van der Waals surface area (Å²) >= 11 is 0. The molecule has 3 aromatic rings. The van der Waals surface area contributed by atoms with Crippen molar-refractivity contribution >= 4 is 0 Å². The standard InChI is InChI=1S/C21H22FN3O/c1-26-18-10-8-16(9-11-18)21-17(14-24-12-4-5-13-24)15-25(23-21)20-7-3-2-6-19(20)22/h2-3,6-11,15H,4-5,12-14H2,1H3. The van der Waals surface area contributed by atoms with E-state index in [1.165, 1.54) is 18.9 Å². The van der Waals surface area contributed by atoms with Gasteiger partial charge in [-0.05, 0) is 62.3 Å².